The van der Waals surface area contributed by atoms with Gasteiger partial charge in [-0.2, -0.15) is 0 Å². The van der Waals surface area contributed by atoms with Gasteiger partial charge in [0.25, 0.3) is 0 Å². The van der Waals surface area contributed by atoms with E-state index < -0.39 is 18.1 Å². The molecular weight excluding hydrogens is 254 g/mol. The fourth-order valence-electron chi connectivity index (χ4n) is 0.805. The maximum atomic E-state index is 13.0. The van der Waals surface area contributed by atoms with Crippen LogP contribution >= 0.6 is 22.6 Å². The molecule has 1 fully saturated rings. The van der Waals surface area contributed by atoms with E-state index in [0.717, 1.165) is 0 Å². The molecule has 0 amide bonds. The van der Waals surface area contributed by atoms with Crippen molar-refractivity contribution in [3.8, 4) is 0 Å². The van der Waals surface area contributed by atoms with Gasteiger partial charge in [0.05, 0.1) is 11.0 Å². The Morgan fingerprint density at radius 2 is 2.30 bits per heavy atom. The van der Waals surface area contributed by atoms with E-state index in [0.29, 0.717) is 0 Å². The summed E-state index contributed by atoms with van der Waals surface area (Å²) in [7, 11) is 0. The van der Waals surface area contributed by atoms with E-state index in [4.69, 9.17) is 10.2 Å². The third kappa shape index (κ3) is 1.27. The Balaban J connectivity index is 2.64. The monoisotopic (exact) mass is 262 g/mol. The Bertz CT molecular complexity index is 134. The van der Waals surface area contributed by atoms with E-state index in [1.807, 2.05) is 0 Å². The maximum Gasteiger partial charge on any atom is 0.247 e. The van der Waals surface area contributed by atoms with Gasteiger partial charge in [0.15, 0.2) is 0 Å². The third-order valence-electron chi connectivity index (χ3n) is 1.48. The topological polar surface area (TPSA) is 49.7 Å². The van der Waals surface area contributed by atoms with Crippen LogP contribution in [0, 0.1) is 0 Å². The van der Waals surface area contributed by atoms with Crippen LogP contribution in [0.1, 0.15) is 0 Å². The average Bonchev–Trinajstić information content (AvgIpc) is 2.19. The molecule has 0 aromatic carbocycles. The van der Waals surface area contributed by atoms with Crippen LogP contribution in [0.25, 0.3) is 0 Å². The van der Waals surface area contributed by atoms with Crippen molar-refractivity contribution in [2.24, 2.45) is 0 Å². The van der Waals surface area contributed by atoms with Crippen molar-refractivity contribution in [1.29, 1.82) is 0 Å². The summed E-state index contributed by atoms with van der Waals surface area (Å²) in [5.74, 6) is -2.04. The third-order valence-corrected chi connectivity index (χ3v) is 2.52. The quantitative estimate of drug-likeness (QED) is 0.510. The first-order valence-electron chi connectivity index (χ1n) is 2.85. The smallest absolute Gasteiger partial charge is 0.247 e. The fraction of sp³-hybridized carbons (Fsp3) is 1.00. The zero-order valence-corrected chi connectivity index (χ0v) is 7.29. The van der Waals surface area contributed by atoms with E-state index in [1.165, 1.54) is 0 Å². The molecule has 1 saturated heterocycles. The molecule has 0 bridgehead atoms. The first-order chi connectivity index (χ1) is 4.60. The molecule has 0 saturated carbocycles. The predicted molar refractivity (Wildman–Crippen MR) is 40.7 cm³/mol. The number of ether oxygens (including phenoxy) is 1. The normalized spacial score (nSPS) is 48.0. The first kappa shape index (κ1) is 8.63. The van der Waals surface area contributed by atoms with Gasteiger partial charge in [0, 0.05) is 0 Å². The number of aliphatic hydroxyl groups excluding tert-OH is 2. The second kappa shape index (κ2) is 2.88. The van der Waals surface area contributed by atoms with Crippen molar-refractivity contribution in [1.82, 2.24) is 0 Å². The molecule has 5 heteroatoms. The largest absolute Gasteiger partial charge is 0.388 e. The Labute approximate surface area is 71.3 Å². The molecule has 3 atom stereocenters. The minimum Gasteiger partial charge on any atom is -0.388 e. The summed E-state index contributed by atoms with van der Waals surface area (Å²) in [6.45, 7) is -0.124. The van der Waals surface area contributed by atoms with Crippen LogP contribution in [0.2, 0.25) is 0 Å². The number of hydrogen-bond acceptors (Lipinski definition) is 3. The molecule has 0 aliphatic carbocycles. The second-order valence-electron chi connectivity index (χ2n) is 2.24. The van der Waals surface area contributed by atoms with Gasteiger partial charge in [-0.3, -0.25) is 0 Å². The summed E-state index contributed by atoms with van der Waals surface area (Å²) in [5.41, 5.74) is 0. The molecule has 10 heavy (non-hydrogen) atoms. The lowest BCUT2D eigenvalue weighted by Crippen LogP contribution is -2.40. The van der Waals surface area contributed by atoms with Crippen molar-refractivity contribution < 1.29 is 19.3 Å². The van der Waals surface area contributed by atoms with Gasteiger partial charge in [-0.15, -0.1) is 0 Å². The van der Waals surface area contributed by atoms with E-state index in [9.17, 15) is 4.39 Å². The SMILES string of the molecule is OC1COC(F)(CI)C1O. The number of rotatable bonds is 1. The summed E-state index contributed by atoms with van der Waals surface area (Å²) in [4.78, 5) is 0. The van der Waals surface area contributed by atoms with Crippen LogP contribution in [0.3, 0.4) is 0 Å². The van der Waals surface area contributed by atoms with Crippen molar-refractivity contribution in [3.63, 3.8) is 0 Å². The number of halogens is 2. The molecule has 1 aliphatic rings. The lowest BCUT2D eigenvalue weighted by atomic mass is 10.1. The lowest BCUT2D eigenvalue weighted by Gasteiger charge is -2.19. The Hall–Kier alpha value is 0.540. The van der Waals surface area contributed by atoms with E-state index in [2.05, 4.69) is 4.74 Å². The van der Waals surface area contributed by atoms with E-state index >= 15 is 0 Å². The molecule has 1 rings (SSSR count). The minimum absolute atomic E-state index is 0.0307. The highest BCUT2D eigenvalue weighted by Crippen LogP contribution is 2.29. The van der Waals surface area contributed by atoms with Crippen LogP contribution in [0.4, 0.5) is 4.39 Å². The molecule has 3 nitrogen and oxygen atoms in total. The minimum atomic E-state index is -2.04. The van der Waals surface area contributed by atoms with Crippen molar-refractivity contribution in [2.45, 2.75) is 18.1 Å². The summed E-state index contributed by atoms with van der Waals surface area (Å²) in [5, 5.41) is 17.8. The number of aliphatic hydroxyl groups is 2. The van der Waals surface area contributed by atoms with E-state index in [-0.39, 0.29) is 11.0 Å². The zero-order valence-electron chi connectivity index (χ0n) is 5.13. The molecule has 0 aromatic rings. The molecule has 0 aromatic heterocycles. The van der Waals surface area contributed by atoms with Crippen LogP contribution in [-0.2, 0) is 4.74 Å². The van der Waals surface area contributed by atoms with Crippen molar-refractivity contribution >= 4 is 22.6 Å². The van der Waals surface area contributed by atoms with Gasteiger partial charge in [-0.25, -0.2) is 4.39 Å². The molecule has 3 unspecified atom stereocenters. The van der Waals surface area contributed by atoms with E-state index in [1.54, 1.807) is 22.6 Å². The second-order valence-corrected chi connectivity index (χ2v) is 3.01. The molecule has 0 radical (unpaired) electrons. The van der Waals surface area contributed by atoms with Gasteiger partial charge in [0.2, 0.25) is 5.85 Å². The van der Waals surface area contributed by atoms with Crippen LogP contribution in [0.5, 0.6) is 0 Å². The average molecular weight is 262 g/mol. The van der Waals surface area contributed by atoms with Crippen LogP contribution in [-0.4, -0.2) is 39.3 Å². The molecule has 0 spiro atoms. The van der Waals surface area contributed by atoms with Gasteiger partial charge >= 0.3 is 0 Å². The Morgan fingerprint density at radius 1 is 1.70 bits per heavy atom. The molecule has 60 valence electrons. The molecular formula is C5H8FIO3. The summed E-state index contributed by atoms with van der Waals surface area (Å²) >= 11 is 1.76. The Kier molecular flexibility index (Phi) is 2.49. The molecule has 1 aliphatic heterocycles. The molecule has 1 heterocycles. The summed E-state index contributed by atoms with van der Waals surface area (Å²) < 4.78 is 17.6. The fourth-order valence-corrected chi connectivity index (χ4v) is 1.48. The van der Waals surface area contributed by atoms with Crippen molar-refractivity contribution in [3.05, 3.63) is 0 Å². The maximum absolute atomic E-state index is 13.0. The molecule has 2 N–H and O–H groups in total. The van der Waals surface area contributed by atoms with Gasteiger partial charge < -0.3 is 14.9 Å². The Morgan fingerprint density at radius 3 is 2.50 bits per heavy atom. The lowest BCUT2D eigenvalue weighted by molar-refractivity contribution is -0.138. The standard InChI is InChI=1S/C5H8FIO3/c6-5(2-7)4(9)3(8)1-10-5/h3-4,8-9H,1-2H2. The van der Waals surface area contributed by atoms with Crippen LogP contribution < -0.4 is 0 Å². The highest BCUT2D eigenvalue weighted by molar-refractivity contribution is 14.1. The highest BCUT2D eigenvalue weighted by atomic mass is 127. The highest BCUT2D eigenvalue weighted by Gasteiger charge is 2.48. The number of hydrogen-bond donors (Lipinski definition) is 2. The van der Waals surface area contributed by atoms with Gasteiger partial charge in [0.1, 0.15) is 12.2 Å². The van der Waals surface area contributed by atoms with Gasteiger partial charge in [-0.1, -0.05) is 22.6 Å². The first-order valence-corrected chi connectivity index (χ1v) is 4.37. The van der Waals surface area contributed by atoms with Gasteiger partial charge in [-0.05, 0) is 0 Å². The number of alkyl halides is 2. The zero-order chi connectivity index (χ0) is 7.78. The summed E-state index contributed by atoms with van der Waals surface area (Å²) in [6.07, 6.45) is -2.48. The predicted octanol–water partition coefficient (Wildman–Crippen LogP) is -0.161. The summed E-state index contributed by atoms with van der Waals surface area (Å²) in [6, 6.07) is 0. The van der Waals surface area contributed by atoms with Crippen molar-refractivity contribution in [2.75, 3.05) is 11.0 Å². The van der Waals surface area contributed by atoms with Crippen LogP contribution in [0.15, 0.2) is 0 Å².